The molecule has 2 unspecified atom stereocenters. The largest absolute Gasteiger partial charge is 0.330 e. The second kappa shape index (κ2) is 4.39. The molecule has 0 radical (unpaired) electrons. The summed E-state index contributed by atoms with van der Waals surface area (Å²) in [5.74, 6) is -1.16. The van der Waals surface area contributed by atoms with Gasteiger partial charge in [-0.1, -0.05) is 20.3 Å². The summed E-state index contributed by atoms with van der Waals surface area (Å²) in [6.07, 6.45) is 0.847. The van der Waals surface area contributed by atoms with Gasteiger partial charge in [0.25, 0.3) is 11.8 Å². The van der Waals surface area contributed by atoms with Gasteiger partial charge >= 0.3 is 6.03 Å². The van der Waals surface area contributed by atoms with E-state index in [0.29, 0.717) is 6.54 Å². The van der Waals surface area contributed by atoms with E-state index in [0.717, 1.165) is 11.3 Å². The fraction of sp³-hybridized carbons (Fsp3) is 0.667. The molecule has 1 rings (SSSR count). The highest BCUT2D eigenvalue weighted by molar-refractivity contribution is 6.18. The molecule has 0 aromatic heterocycles. The Bertz CT molecular complexity index is 303. The molecule has 6 heteroatoms. The molecule has 15 heavy (non-hydrogen) atoms. The summed E-state index contributed by atoms with van der Waals surface area (Å²) in [6.45, 7) is 4.17. The van der Waals surface area contributed by atoms with Crippen molar-refractivity contribution in [2.75, 3.05) is 6.54 Å². The Balaban J connectivity index is 2.75. The van der Waals surface area contributed by atoms with Gasteiger partial charge < -0.3 is 5.73 Å². The molecule has 1 fully saturated rings. The molecule has 3 N–H and O–H groups in total. The van der Waals surface area contributed by atoms with Crippen molar-refractivity contribution < 1.29 is 14.4 Å². The fourth-order valence-electron chi connectivity index (χ4n) is 1.24. The summed E-state index contributed by atoms with van der Waals surface area (Å²) < 4.78 is 0. The van der Waals surface area contributed by atoms with E-state index in [4.69, 9.17) is 5.73 Å². The molecule has 0 bridgehead atoms. The third kappa shape index (κ3) is 2.33. The molecular formula is C9H15N3O3. The third-order valence-corrected chi connectivity index (χ3v) is 2.48. The summed E-state index contributed by atoms with van der Waals surface area (Å²) in [7, 11) is 0. The van der Waals surface area contributed by atoms with E-state index in [9.17, 15) is 14.4 Å². The van der Waals surface area contributed by atoms with E-state index >= 15 is 0 Å². The van der Waals surface area contributed by atoms with Crippen LogP contribution in [0.4, 0.5) is 4.79 Å². The van der Waals surface area contributed by atoms with Crippen LogP contribution in [-0.4, -0.2) is 35.3 Å². The Hall–Kier alpha value is -1.43. The molecule has 0 aromatic carbocycles. The van der Waals surface area contributed by atoms with Gasteiger partial charge in [-0.15, -0.1) is 0 Å². The molecule has 84 valence electrons. The van der Waals surface area contributed by atoms with E-state index in [1.165, 1.54) is 0 Å². The average Bonchev–Trinajstić information content (AvgIpc) is 2.21. The van der Waals surface area contributed by atoms with Crippen LogP contribution < -0.4 is 11.1 Å². The summed E-state index contributed by atoms with van der Waals surface area (Å²) in [6, 6.07) is -1.93. The number of rotatable bonds is 3. The maximum atomic E-state index is 11.5. The Kier molecular flexibility index (Phi) is 3.41. The number of hydrogen-bond acceptors (Lipinski definition) is 4. The van der Waals surface area contributed by atoms with Crippen molar-refractivity contribution in [2.24, 2.45) is 11.7 Å². The van der Waals surface area contributed by atoms with Crippen LogP contribution in [0.5, 0.6) is 0 Å². The summed E-state index contributed by atoms with van der Waals surface area (Å²) in [5.41, 5.74) is 5.34. The molecule has 1 aliphatic rings. The van der Waals surface area contributed by atoms with Crippen molar-refractivity contribution in [1.29, 1.82) is 0 Å². The van der Waals surface area contributed by atoms with E-state index in [-0.39, 0.29) is 5.92 Å². The molecule has 1 heterocycles. The van der Waals surface area contributed by atoms with Crippen LogP contribution in [0.1, 0.15) is 20.3 Å². The highest BCUT2D eigenvalue weighted by atomic mass is 16.2. The first-order valence-corrected chi connectivity index (χ1v) is 4.89. The highest BCUT2D eigenvalue weighted by Gasteiger charge is 2.38. The first-order chi connectivity index (χ1) is 6.97. The number of hydrogen-bond donors (Lipinski definition) is 2. The Labute approximate surface area is 87.8 Å². The second-order valence-corrected chi connectivity index (χ2v) is 3.73. The number of imide groups is 2. The topological polar surface area (TPSA) is 92.5 Å². The highest BCUT2D eigenvalue weighted by Crippen LogP contribution is 2.08. The first-order valence-electron chi connectivity index (χ1n) is 4.89. The van der Waals surface area contributed by atoms with Crippen LogP contribution >= 0.6 is 0 Å². The zero-order valence-corrected chi connectivity index (χ0v) is 8.82. The van der Waals surface area contributed by atoms with Gasteiger partial charge in [0.05, 0.1) is 0 Å². The van der Waals surface area contributed by atoms with E-state index < -0.39 is 23.9 Å². The van der Waals surface area contributed by atoms with Crippen LogP contribution in [0.2, 0.25) is 0 Å². The van der Waals surface area contributed by atoms with Crippen LogP contribution in [0.15, 0.2) is 0 Å². The summed E-state index contributed by atoms with van der Waals surface area (Å²) in [5, 5.41) is 2.04. The third-order valence-electron chi connectivity index (χ3n) is 2.48. The van der Waals surface area contributed by atoms with Crippen molar-refractivity contribution in [2.45, 2.75) is 26.3 Å². The minimum absolute atomic E-state index is 0.195. The number of nitrogens with zero attached hydrogens (tertiary/aromatic N) is 1. The van der Waals surface area contributed by atoms with Gasteiger partial charge in [0.15, 0.2) is 6.04 Å². The number of amides is 4. The second-order valence-electron chi connectivity index (χ2n) is 3.73. The molecular weight excluding hydrogens is 198 g/mol. The fourth-order valence-corrected chi connectivity index (χ4v) is 1.24. The van der Waals surface area contributed by atoms with Crippen molar-refractivity contribution in [3.63, 3.8) is 0 Å². The molecule has 6 nitrogen and oxygen atoms in total. The van der Waals surface area contributed by atoms with E-state index in [1.54, 1.807) is 0 Å². The molecule has 1 aliphatic heterocycles. The van der Waals surface area contributed by atoms with Crippen molar-refractivity contribution in [3.05, 3.63) is 0 Å². The number of carbonyl (C=O) groups is 3. The summed E-state index contributed by atoms with van der Waals surface area (Å²) >= 11 is 0. The van der Waals surface area contributed by atoms with Crippen LogP contribution in [0.3, 0.4) is 0 Å². The smallest absolute Gasteiger partial charge is 0.312 e. The predicted octanol–water partition coefficient (Wildman–Crippen LogP) is -0.562. The molecule has 0 spiro atoms. The number of nitrogens with two attached hydrogens (primary N) is 1. The van der Waals surface area contributed by atoms with Gasteiger partial charge in [0, 0.05) is 6.54 Å². The van der Waals surface area contributed by atoms with Crippen molar-refractivity contribution >= 4 is 17.8 Å². The SMILES string of the molecule is CCC(C)CN1C(=O)NC(=O)C(N)C1=O. The zero-order valence-electron chi connectivity index (χ0n) is 8.82. The Morgan fingerprint density at radius 2 is 2.07 bits per heavy atom. The van der Waals surface area contributed by atoms with Gasteiger partial charge in [0.1, 0.15) is 0 Å². The minimum atomic E-state index is -1.26. The number of carbonyl (C=O) groups excluding carboxylic acids is 3. The van der Waals surface area contributed by atoms with Crippen molar-refractivity contribution in [1.82, 2.24) is 10.2 Å². The van der Waals surface area contributed by atoms with Crippen LogP contribution in [-0.2, 0) is 9.59 Å². The van der Waals surface area contributed by atoms with Crippen molar-refractivity contribution in [3.8, 4) is 0 Å². The lowest BCUT2D eigenvalue weighted by Crippen LogP contribution is -2.64. The molecule has 1 saturated heterocycles. The lowest BCUT2D eigenvalue weighted by Gasteiger charge is -2.29. The van der Waals surface area contributed by atoms with Gasteiger partial charge in [-0.2, -0.15) is 0 Å². The monoisotopic (exact) mass is 213 g/mol. The van der Waals surface area contributed by atoms with E-state index in [1.807, 2.05) is 19.2 Å². The molecule has 2 atom stereocenters. The number of barbiturate groups is 1. The Morgan fingerprint density at radius 3 is 2.60 bits per heavy atom. The zero-order chi connectivity index (χ0) is 11.6. The number of urea groups is 1. The van der Waals surface area contributed by atoms with Crippen LogP contribution in [0.25, 0.3) is 0 Å². The quantitative estimate of drug-likeness (QED) is 0.614. The molecule has 0 saturated carbocycles. The maximum absolute atomic E-state index is 11.5. The molecule has 0 aliphatic carbocycles. The lowest BCUT2D eigenvalue weighted by molar-refractivity contribution is -0.138. The standard InChI is InChI=1S/C9H15N3O3/c1-3-5(2)4-12-8(14)6(10)7(13)11-9(12)15/h5-6H,3-4,10H2,1-2H3,(H,11,13,15). The predicted molar refractivity (Wildman–Crippen MR) is 52.7 cm³/mol. The molecule has 0 aromatic rings. The maximum Gasteiger partial charge on any atom is 0.330 e. The van der Waals surface area contributed by atoms with Gasteiger partial charge in [0.2, 0.25) is 0 Å². The Morgan fingerprint density at radius 1 is 1.47 bits per heavy atom. The first kappa shape index (κ1) is 11.6. The normalized spacial score (nSPS) is 24.1. The van der Waals surface area contributed by atoms with Gasteiger partial charge in [-0.05, 0) is 5.92 Å². The molecule has 4 amide bonds. The minimum Gasteiger partial charge on any atom is -0.312 e. The number of nitrogens with one attached hydrogen (secondary N) is 1. The van der Waals surface area contributed by atoms with Crippen LogP contribution in [0, 0.1) is 5.92 Å². The van der Waals surface area contributed by atoms with Gasteiger partial charge in [-0.25, -0.2) is 4.79 Å². The van der Waals surface area contributed by atoms with E-state index in [2.05, 4.69) is 0 Å². The van der Waals surface area contributed by atoms with Gasteiger partial charge in [-0.3, -0.25) is 19.8 Å². The lowest BCUT2D eigenvalue weighted by atomic mass is 10.1. The summed E-state index contributed by atoms with van der Waals surface area (Å²) in [4.78, 5) is 34.9. The average molecular weight is 213 g/mol.